The number of hydrogen-bond acceptors (Lipinski definition) is 3. The Bertz CT molecular complexity index is 1170. The summed E-state index contributed by atoms with van der Waals surface area (Å²) in [6.07, 6.45) is -7.91. The van der Waals surface area contributed by atoms with E-state index < -0.39 is 68.5 Å². The SMILES string of the molecule is [C-]#[N+]c1ccccc1OS(=O)(=O)C(F)(F)C(F)(F)C(F)(F)C(F)(F)C(F)(F)C(F)(F)C(F)(F)C(F)(F)F. The van der Waals surface area contributed by atoms with E-state index in [0.717, 1.165) is 6.07 Å². The zero-order valence-electron chi connectivity index (χ0n) is 16.3. The Morgan fingerprint density at radius 3 is 1.32 bits per heavy atom. The smallest absolute Gasteiger partial charge is 0.390 e. The van der Waals surface area contributed by atoms with Gasteiger partial charge in [0.1, 0.15) is 5.75 Å². The molecule has 0 saturated carbocycles. The lowest BCUT2D eigenvalue weighted by Gasteiger charge is -2.42. The normalized spacial score (nSPS) is 15.4. The van der Waals surface area contributed by atoms with Crippen molar-refractivity contribution in [3.05, 3.63) is 35.7 Å². The van der Waals surface area contributed by atoms with Gasteiger partial charge in [0.2, 0.25) is 5.69 Å². The summed E-state index contributed by atoms with van der Waals surface area (Å²) in [6.45, 7) is 6.57. The third-order valence-corrected chi connectivity index (χ3v) is 5.48. The van der Waals surface area contributed by atoms with E-state index in [1.54, 1.807) is 0 Å². The van der Waals surface area contributed by atoms with Crippen LogP contribution in [0, 0.1) is 6.57 Å². The van der Waals surface area contributed by atoms with Gasteiger partial charge in [-0.3, -0.25) is 0 Å². The van der Waals surface area contributed by atoms with E-state index in [9.17, 15) is 83.1 Å². The second kappa shape index (κ2) is 8.65. The molecule has 212 valence electrons. The average molecular weight is 601 g/mol. The molecule has 0 unspecified atom stereocenters. The summed E-state index contributed by atoms with van der Waals surface area (Å²) in [6, 6.07) is 2.25. The molecule has 0 bridgehead atoms. The van der Waals surface area contributed by atoms with E-state index in [-0.39, 0.29) is 6.07 Å². The van der Waals surface area contributed by atoms with Crippen molar-refractivity contribution in [3.8, 4) is 5.75 Å². The molecule has 22 heteroatoms. The molecule has 4 nitrogen and oxygen atoms in total. The third kappa shape index (κ3) is 4.27. The summed E-state index contributed by atoms with van der Waals surface area (Å²) in [5.74, 6) is -53.8. The first kappa shape index (κ1) is 32.3. The second-order valence-electron chi connectivity index (χ2n) is 6.58. The highest BCUT2D eigenvalue weighted by Gasteiger charge is 2.96. The van der Waals surface area contributed by atoms with Gasteiger partial charge in [-0.2, -0.15) is 83.1 Å². The summed E-state index contributed by atoms with van der Waals surface area (Å²) < 4.78 is 251. The Hall–Kier alpha value is -2.73. The third-order valence-electron chi connectivity index (χ3n) is 4.19. The van der Waals surface area contributed by atoms with Crippen LogP contribution < -0.4 is 4.18 Å². The zero-order chi connectivity index (χ0) is 29.9. The van der Waals surface area contributed by atoms with Crippen molar-refractivity contribution >= 4 is 15.8 Å². The fourth-order valence-corrected chi connectivity index (χ4v) is 3.02. The highest BCUT2D eigenvalue weighted by Crippen LogP contribution is 2.64. The van der Waals surface area contributed by atoms with Crippen molar-refractivity contribution in [2.75, 3.05) is 0 Å². The van der Waals surface area contributed by atoms with Crippen LogP contribution in [0.4, 0.5) is 80.3 Å². The quantitative estimate of drug-likeness (QED) is 0.176. The van der Waals surface area contributed by atoms with Crippen LogP contribution in [0.15, 0.2) is 24.3 Å². The van der Waals surface area contributed by atoms with Crippen molar-refractivity contribution in [2.45, 2.75) is 47.0 Å². The Labute approximate surface area is 192 Å². The van der Waals surface area contributed by atoms with Gasteiger partial charge >= 0.3 is 57.1 Å². The summed E-state index contributed by atoms with van der Waals surface area (Å²) in [4.78, 5) is 2.40. The highest BCUT2D eigenvalue weighted by molar-refractivity contribution is 7.88. The first-order chi connectivity index (χ1) is 16.0. The largest absolute Gasteiger partial charge is 0.460 e. The molecule has 1 aromatic rings. The van der Waals surface area contributed by atoms with Gasteiger partial charge in [0.15, 0.2) is 0 Å². The van der Waals surface area contributed by atoms with Gasteiger partial charge in [-0.15, -0.1) is 0 Å². The van der Waals surface area contributed by atoms with Gasteiger partial charge in [0.25, 0.3) is 0 Å². The van der Waals surface area contributed by atoms with Crippen molar-refractivity contribution in [3.63, 3.8) is 0 Å². The van der Waals surface area contributed by atoms with E-state index in [2.05, 4.69) is 9.03 Å². The molecule has 1 rings (SSSR count). The van der Waals surface area contributed by atoms with Gasteiger partial charge in [-0.25, -0.2) is 4.85 Å². The molecule has 0 aliphatic heterocycles. The lowest BCUT2D eigenvalue weighted by Crippen LogP contribution is -2.75. The van der Waals surface area contributed by atoms with E-state index in [4.69, 9.17) is 6.57 Å². The molecule has 0 radical (unpaired) electrons. The van der Waals surface area contributed by atoms with Crippen LogP contribution in [0.5, 0.6) is 5.75 Å². The molecule has 0 spiro atoms. The monoisotopic (exact) mass is 601 g/mol. The molecular weight excluding hydrogens is 597 g/mol. The van der Waals surface area contributed by atoms with Crippen molar-refractivity contribution in [2.24, 2.45) is 0 Å². The molecule has 0 heterocycles. The van der Waals surface area contributed by atoms with E-state index in [1.807, 2.05) is 0 Å². The maximum absolute atomic E-state index is 13.9. The molecule has 0 saturated heterocycles. The van der Waals surface area contributed by atoms with Crippen molar-refractivity contribution < 1.29 is 87.2 Å². The topological polar surface area (TPSA) is 47.7 Å². The van der Waals surface area contributed by atoms with Crippen molar-refractivity contribution in [1.82, 2.24) is 0 Å². The predicted molar refractivity (Wildman–Crippen MR) is 82.9 cm³/mol. The van der Waals surface area contributed by atoms with E-state index in [1.165, 1.54) is 0 Å². The minimum Gasteiger partial charge on any atom is -0.390 e. The molecule has 0 N–H and O–H groups in total. The molecule has 0 amide bonds. The van der Waals surface area contributed by atoms with Crippen LogP contribution in [0.1, 0.15) is 0 Å². The first-order valence-corrected chi connectivity index (χ1v) is 9.55. The minimum absolute atomic E-state index is 0.222. The summed E-state index contributed by atoms with van der Waals surface area (Å²) in [5, 5.41) is -7.82. The van der Waals surface area contributed by atoms with Crippen molar-refractivity contribution in [1.29, 1.82) is 0 Å². The number of hydrogen-bond donors (Lipinski definition) is 0. The average Bonchev–Trinajstić information content (AvgIpc) is 2.71. The van der Waals surface area contributed by atoms with Crippen LogP contribution in [0.25, 0.3) is 4.85 Å². The summed E-state index contributed by atoms with van der Waals surface area (Å²) in [5.41, 5.74) is -1.14. The van der Waals surface area contributed by atoms with Gasteiger partial charge in [0, 0.05) is 0 Å². The lowest BCUT2D eigenvalue weighted by atomic mass is 9.91. The molecule has 0 aliphatic carbocycles. The molecule has 1 aromatic carbocycles. The fraction of sp³-hybridized carbons (Fsp3) is 0.533. The molecular formula is C15H4F17NO3S. The van der Waals surface area contributed by atoms with Crippen LogP contribution in [-0.2, 0) is 10.1 Å². The minimum atomic E-state index is -8.94. The summed E-state index contributed by atoms with van der Waals surface area (Å²) in [7, 11) is -7.78. The Morgan fingerprint density at radius 2 is 0.946 bits per heavy atom. The van der Waals surface area contributed by atoms with Crippen LogP contribution in [0.3, 0.4) is 0 Å². The lowest BCUT2D eigenvalue weighted by molar-refractivity contribution is -0.458. The molecule has 0 fully saturated rings. The summed E-state index contributed by atoms with van der Waals surface area (Å²) >= 11 is 0. The maximum Gasteiger partial charge on any atom is 0.460 e. The Balaban J connectivity index is 3.74. The maximum atomic E-state index is 13.9. The van der Waals surface area contributed by atoms with Crippen LogP contribution in [-0.4, -0.2) is 55.4 Å². The van der Waals surface area contributed by atoms with E-state index in [0.29, 0.717) is 12.1 Å². The van der Waals surface area contributed by atoms with E-state index >= 15 is 0 Å². The number of nitrogens with zero attached hydrogens (tertiary/aromatic N) is 1. The number of halogens is 17. The Kier molecular flexibility index (Phi) is 7.56. The number of alkyl halides is 17. The van der Waals surface area contributed by atoms with Crippen LogP contribution >= 0.6 is 0 Å². The Morgan fingerprint density at radius 1 is 0.595 bits per heavy atom. The molecule has 0 atom stereocenters. The first-order valence-electron chi connectivity index (χ1n) is 8.15. The zero-order valence-corrected chi connectivity index (χ0v) is 17.1. The molecule has 37 heavy (non-hydrogen) atoms. The highest BCUT2D eigenvalue weighted by atomic mass is 32.2. The van der Waals surface area contributed by atoms with Crippen LogP contribution in [0.2, 0.25) is 0 Å². The molecule has 0 aliphatic rings. The fourth-order valence-electron chi connectivity index (χ4n) is 2.10. The predicted octanol–water partition coefficient (Wildman–Crippen LogP) is 6.91. The van der Waals surface area contributed by atoms with Gasteiger partial charge < -0.3 is 4.18 Å². The standard InChI is InChI=1S/C15H4F17NO3S/c1-33-6-4-2-3-5-7(6)36-37(34,35)15(31,32)13(26,27)11(22,23)9(18,19)8(16,17)10(20,21)12(24,25)14(28,29)30/h2-5H. The number of para-hydroxylation sites is 2. The number of rotatable bonds is 9. The van der Waals surface area contributed by atoms with Gasteiger partial charge in [0.05, 0.1) is 6.57 Å². The molecule has 0 aromatic heterocycles. The van der Waals surface area contributed by atoms with Gasteiger partial charge in [-0.1, -0.05) is 18.2 Å². The number of benzene rings is 1. The second-order valence-corrected chi connectivity index (χ2v) is 8.17. The van der Waals surface area contributed by atoms with Gasteiger partial charge in [-0.05, 0) is 6.07 Å².